The predicted octanol–water partition coefficient (Wildman–Crippen LogP) is -0.0884. The fourth-order valence-corrected chi connectivity index (χ4v) is 1.59. The van der Waals surface area contributed by atoms with E-state index in [9.17, 15) is 4.79 Å². The second kappa shape index (κ2) is 4.86. The van der Waals surface area contributed by atoms with E-state index in [0.29, 0.717) is 6.54 Å². The van der Waals surface area contributed by atoms with E-state index < -0.39 is 5.97 Å². The molecule has 0 amide bonds. The highest BCUT2D eigenvalue weighted by atomic mass is 16.5. The molecule has 0 atom stereocenters. The van der Waals surface area contributed by atoms with Gasteiger partial charge in [0.25, 0.3) is 0 Å². The minimum absolute atomic E-state index is 0.111. The molecule has 8 heteroatoms. The first kappa shape index (κ1) is 12.1. The Morgan fingerprint density at radius 1 is 1.56 bits per heavy atom. The lowest BCUT2D eigenvalue weighted by Gasteiger charge is -2.02. The molecular formula is C10H14N6O2. The maximum Gasteiger partial charge on any atom is 0.360 e. The number of anilines is 1. The Hall–Kier alpha value is -2.38. The van der Waals surface area contributed by atoms with Gasteiger partial charge in [-0.25, -0.2) is 14.5 Å². The van der Waals surface area contributed by atoms with Crippen molar-refractivity contribution in [3.8, 4) is 0 Å². The van der Waals surface area contributed by atoms with Gasteiger partial charge in [-0.2, -0.15) is 10.2 Å². The van der Waals surface area contributed by atoms with Crippen molar-refractivity contribution in [3.63, 3.8) is 0 Å². The Morgan fingerprint density at radius 2 is 2.33 bits per heavy atom. The van der Waals surface area contributed by atoms with Crippen LogP contribution in [0.1, 0.15) is 23.2 Å². The number of aryl methyl sites for hydroxylation is 1. The third-order valence-electron chi connectivity index (χ3n) is 2.47. The van der Waals surface area contributed by atoms with Gasteiger partial charge in [-0.3, -0.25) is 4.68 Å². The van der Waals surface area contributed by atoms with E-state index in [0.717, 1.165) is 12.4 Å². The Balaban J connectivity index is 2.23. The summed E-state index contributed by atoms with van der Waals surface area (Å²) in [6, 6.07) is 0. The largest absolute Gasteiger partial charge is 0.464 e. The summed E-state index contributed by atoms with van der Waals surface area (Å²) in [5.41, 5.74) is 6.08. The van der Waals surface area contributed by atoms with Crippen LogP contribution >= 0.6 is 0 Å². The molecule has 0 saturated heterocycles. The average Bonchev–Trinajstić information content (AvgIpc) is 2.95. The Bertz CT molecular complexity index is 558. The van der Waals surface area contributed by atoms with Gasteiger partial charge in [0.15, 0.2) is 5.69 Å². The molecule has 0 aliphatic heterocycles. The minimum Gasteiger partial charge on any atom is -0.464 e. The number of rotatable bonds is 4. The monoisotopic (exact) mass is 250 g/mol. The number of hydrogen-bond acceptors (Lipinski definition) is 6. The lowest BCUT2D eigenvalue weighted by molar-refractivity contribution is 0.0594. The molecule has 8 nitrogen and oxygen atoms in total. The summed E-state index contributed by atoms with van der Waals surface area (Å²) in [5, 5.41) is 8.12. The summed E-state index contributed by atoms with van der Waals surface area (Å²) >= 11 is 0. The molecule has 0 bridgehead atoms. The van der Waals surface area contributed by atoms with Crippen LogP contribution in [-0.4, -0.2) is 37.6 Å². The van der Waals surface area contributed by atoms with Gasteiger partial charge in [0.05, 0.1) is 12.8 Å². The molecule has 0 spiro atoms. The van der Waals surface area contributed by atoms with Gasteiger partial charge in [-0.15, -0.1) is 0 Å². The predicted molar refractivity (Wildman–Crippen MR) is 62.8 cm³/mol. The third-order valence-corrected chi connectivity index (χ3v) is 2.47. The second-order valence-corrected chi connectivity index (χ2v) is 3.61. The number of nitrogens with zero attached hydrogens (tertiary/aromatic N) is 5. The van der Waals surface area contributed by atoms with E-state index in [-0.39, 0.29) is 11.4 Å². The molecule has 0 unspecified atom stereocenters. The van der Waals surface area contributed by atoms with Crippen molar-refractivity contribution in [1.29, 1.82) is 0 Å². The lowest BCUT2D eigenvalue weighted by Crippen LogP contribution is -2.11. The zero-order chi connectivity index (χ0) is 13.1. The molecule has 2 N–H and O–H groups in total. The van der Waals surface area contributed by atoms with E-state index >= 15 is 0 Å². The van der Waals surface area contributed by atoms with Crippen LogP contribution in [0.4, 0.5) is 5.69 Å². The van der Waals surface area contributed by atoms with Crippen LogP contribution in [0.5, 0.6) is 0 Å². The highest BCUT2D eigenvalue weighted by Gasteiger charge is 2.16. The third kappa shape index (κ3) is 2.17. The van der Waals surface area contributed by atoms with Crippen molar-refractivity contribution < 1.29 is 9.53 Å². The van der Waals surface area contributed by atoms with E-state index in [4.69, 9.17) is 5.73 Å². The number of esters is 1. The molecule has 18 heavy (non-hydrogen) atoms. The van der Waals surface area contributed by atoms with Gasteiger partial charge >= 0.3 is 5.97 Å². The molecule has 0 aromatic carbocycles. The fourth-order valence-electron chi connectivity index (χ4n) is 1.59. The summed E-state index contributed by atoms with van der Waals surface area (Å²) in [7, 11) is 1.29. The Morgan fingerprint density at radius 3 is 3.00 bits per heavy atom. The summed E-state index contributed by atoms with van der Waals surface area (Å²) in [4.78, 5) is 15.5. The van der Waals surface area contributed by atoms with E-state index in [1.807, 2.05) is 6.92 Å². The quantitative estimate of drug-likeness (QED) is 0.761. The number of carbonyl (C=O) groups is 1. The van der Waals surface area contributed by atoms with Gasteiger partial charge < -0.3 is 10.5 Å². The van der Waals surface area contributed by atoms with Crippen LogP contribution in [0, 0.1) is 0 Å². The number of ether oxygens (including phenoxy) is 1. The first-order chi connectivity index (χ1) is 8.65. The van der Waals surface area contributed by atoms with Gasteiger partial charge in [0.1, 0.15) is 18.7 Å². The maximum atomic E-state index is 11.4. The molecule has 96 valence electrons. The van der Waals surface area contributed by atoms with Crippen LogP contribution < -0.4 is 5.73 Å². The topological polar surface area (TPSA) is 101 Å². The first-order valence-corrected chi connectivity index (χ1v) is 5.43. The van der Waals surface area contributed by atoms with E-state index in [1.165, 1.54) is 18.1 Å². The molecule has 2 aromatic rings. The van der Waals surface area contributed by atoms with E-state index in [2.05, 4.69) is 19.9 Å². The van der Waals surface area contributed by atoms with Gasteiger partial charge in [-0.1, -0.05) is 0 Å². The number of nitrogen functional groups attached to an aromatic ring is 1. The average molecular weight is 250 g/mol. The van der Waals surface area contributed by atoms with Crippen molar-refractivity contribution in [2.45, 2.75) is 20.0 Å². The Labute approximate surface area is 103 Å². The number of carbonyl (C=O) groups excluding carboxylic acids is 1. The molecule has 2 aromatic heterocycles. The zero-order valence-corrected chi connectivity index (χ0v) is 10.2. The Kier molecular flexibility index (Phi) is 3.26. The van der Waals surface area contributed by atoms with Crippen LogP contribution in [0.3, 0.4) is 0 Å². The van der Waals surface area contributed by atoms with Crippen LogP contribution in [0.2, 0.25) is 0 Å². The first-order valence-electron chi connectivity index (χ1n) is 5.43. The summed E-state index contributed by atoms with van der Waals surface area (Å²) in [6.45, 7) is 3.08. The lowest BCUT2D eigenvalue weighted by atomic mass is 10.4. The standard InChI is InChI=1S/C10H14N6O2/c1-3-16-8(12-6-13-16)5-15-4-7(11)9(14-15)10(17)18-2/h4,6H,3,5,11H2,1-2H3. The van der Waals surface area contributed by atoms with Crippen molar-refractivity contribution >= 4 is 11.7 Å². The van der Waals surface area contributed by atoms with Crippen LogP contribution in [0.25, 0.3) is 0 Å². The van der Waals surface area contributed by atoms with Crippen molar-refractivity contribution in [1.82, 2.24) is 24.5 Å². The number of methoxy groups -OCH3 is 1. The highest BCUT2D eigenvalue weighted by molar-refractivity contribution is 5.92. The number of aromatic nitrogens is 5. The molecule has 0 saturated carbocycles. The van der Waals surface area contributed by atoms with Gasteiger partial charge in [0.2, 0.25) is 0 Å². The van der Waals surface area contributed by atoms with Crippen LogP contribution in [-0.2, 0) is 17.8 Å². The summed E-state index contributed by atoms with van der Waals surface area (Å²) < 4.78 is 7.87. The van der Waals surface area contributed by atoms with Crippen LogP contribution in [0.15, 0.2) is 12.5 Å². The van der Waals surface area contributed by atoms with Crippen molar-refractivity contribution in [2.75, 3.05) is 12.8 Å². The molecular weight excluding hydrogens is 236 g/mol. The van der Waals surface area contributed by atoms with Gasteiger partial charge in [-0.05, 0) is 6.92 Å². The normalized spacial score (nSPS) is 10.6. The number of nitrogens with two attached hydrogens (primary N) is 1. The van der Waals surface area contributed by atoms with E-state index in [1.54, 1.807) is 10.9 Å². The molecule has 0 fully saturated rings. The summed E-state index contributed by atoms with van der Waals surface area (Å²) in [5.74, 6) is 0.194. The zero-order valence-electron chi connectivity index (χ0n) is 10.2. The smallest absolute Gasteiger partial charge is 0.360 e. The minimum atomic E-state index is -0.553. The highest BCUT2D eigenvalue weighted by Crippen LogP contribution is 2.11. The summed E-state index contributed by atoms with van der Waals surface area (Å²) in [6.07, 6.45) is 3.05. The molecule has 2 rings (SSSR count). The molecule has 0 radical (unpaired) electrons. The molecule has 2 heterocycles. The van der Waals surface area contributed by atoms with Crippen molar-refractivity contribution in [3.05, 3.63) is 24.0 Å². The van der Waals surface area contributed by atoms with Gasteiger partial charge in [0, 0.05) is 12.7 Å². The number of hydrogen-bond donors (Lipinski definition) is 1. The maximum absolute atomic E-state index is 11.4. The second-order valence-electron chi connectivity index (χ2n) is 3.61. The SMILES string of the molecule is CCn1ncnc1Cn1cc(N)c(C(=O)OC)n1. The fraction of sp³-hybridized carbons (Fsp3) is 0.400. The van der Waals surface area contributed by atoms with Crippen molar-refractivity contribution in [2.24, 2.45) is 0 Å². The molecule has 0 aliphatic carbocycles. The molecule has 0 aliphatic rings.